The molecule has 4 heteroatoms. The molecule has 1 aromatic heterocycles. The number of nitrogens with zero attached hydrogens (tertiary/aromatic N) is 1. The zero-order chi connectivity index (χ0) is 5.98. The van der Waals surface area contributed by atoms with Gasteiger partial charge < -0.3 is 4.98 Å². The van der Waals surface area contributed by atoms with E-state index in [4.69, 9.17) is 11.6 Å². The fourth-order valence-electron chi connectivity index (χ4n) is 0.323. The number of rotatable bonds is 0. The van der Waals surface area contributed by atoms with Crippen molar-refractivity contribution in [2.75, 3.05) is 0 Å². The first-order chi connectivity index (χ1) is 3.79. The Bertz CT molecular complexity index is 156. The molecule has 0 radical (unpaired) electrons. The molecule has 0 saturated heterocycles. The van der Waals surface area contributed by atoms with E-state index in [-0.39, 0.29) is 24.6 Å². The zero-order valence-electron chi connectivity index (χ0n) is 4.56. The Balaban J connectivity index is 0.000000640. The fourth-order valence-corrected chi connectivity index (χ4v) is 0.429. The topological polar surface area (TPSA) is 12.9 Å². The number of halogens is 2. The summed E-state index contributed by atoms with van der Waals surface area (Å²) < 4.78 is 11.9. The van der Waals surface area contributed by atoms with Crippen molar-refractivity contribution in [3.05, 3.63) is 29.3 Å². The second-order valence-electron chi connectivity index (χ2n) is 1.23. The van der Waals surface area contributed by atoms with Gasteiger partial charge in [-0.15, -0.1) is 23.7 Å². The van der Waals surface area contributed by atoms with Crippen molar-refractivity contribution in [2.45, 2.75) is 0 Å². The minimum atomic E-state index is -0.491. The van der Waals surface area contributed by atoms with Gasteiger partial charge in [0, 0.05) is 30.4 Å². The average molecular weight is 196 g/mol. The molecule has 9 heavy (non-hydrogen) atoms. The first-order valence-electron chi connectivity index (χ1n) is 1.99. The van der Waals surface area contributed by atoms with Gasteiger partial charge in [0.2, 0.25) is 0 Å². The molecule has 1 rings (SSSR count). The van der Waals surface area contributed by atoms with Crippen molar-refractivity contribution < 1.29 is 23.9 Å². The summed E-state index contributed by atoms with van der Waals surface area (Å²) in [7, 11) is 0. The molecule has 0 aliphatic carbocycles. The van der Waals surface area contributed by atoms with Crippen molar-refractivity contribution in [3.63, 3.8) is 0 Å². The SMILES string of the molecule is Fc1[c-]nc(Cl)cc1.[Zn]. The van der Waals surface area contributed by atoms with Crippen LogP contribution < -0.4 is 0 Å². The van der Waals surface area contributed by atoms with Crippen LogP contribution in [0, 0.1) is 12.0 Å². The van der Waals surface area contributed by atoms with E-state index >= 15 is 0 Å². The molecule has 1 nitrogen and oxygen atoms in total. The van der Waals surface area contributed by atoms with E-state index in [1.54, 1.807) is 0 Å². The smallest absolute Gasteiger partial charge is 0.0298 e. The van der Waals surface area contributed by atoms with Gasteiger partial charge >= 0.3 is 0 Å². The summed E-state index contributed by atoms with van der Waals surface area (Å²) in [5, 5.41) is 0.256. The van der Waals surface area contributed by atoms with E-state index in [0.717, 1.165) is 0 Å². The summed E-state index contributed by atoms with van der Waals surface area (Å²) in [6.07, 6.45) is 2.05. The number of hydrogen-bond donors (Lipinski definition) is 0. The molecular formula is C5H2ClFNZn-. The zero-order valence-corrected chi connectivity index (χ0v) is 8.29. The van der Waals surface area contributed by atoms with Gasteiger partial charge in [0.1, 0.15) is 0 Å². The minimum Gasteiger partial charge on any atom is -0.373 e. The van der Waals surface area contributed by atoms with Crippen LogP contribution in [0.4, 0.5) is 4.39 Å². The van der Waals surface area contributed by atoms with Crippen LogP contribution in [0.25, 0.3) is 0 Å². The Labute approximate surface area is 70.0 Å². The number of hydrogen-bond acceptors (Lipinski definition) is 1. The fraction of sp³-hybridized carbons (Fsp3) is 0. The van der Waals surface area contributed by atoms with Crippen LogP contribution in [0.5, 0.6) is 0 Å². The second-order valence-corrected chi connectivity index (χ2v) is 1.61. The molecule has 0 aromatic carbocycles. The van der Waals surface area contributed by atoms with Gasteiger partial charge in [-0.25, -0.2) is 4.39 Å². The van der Waals surface area contributed by atoms with Crippen LogP contribution in [-0.4, -0.2) is 4.98 Å². The molecule has 1 aromatic rings. The van der Waals surface area contributed by atoms with E-state index in [1.807, 2.05) is 0 Å². The molecule has 0 fully saturated rings. The van der Waals surface area contributed by atoms with Gasteiger partial charge in [-0.1, -0.05) is 0 Å². The number of pyridine rings is 1. The van der Waals surface area contributed by atoms with Gasteiger partial charge in [-0.3, -0.25) is 0 Å². The summed E-state index contributed by atoms with van der Waals surface area (Å²) in [4.78, 5) is 3.34. The van der Waals surface area contributed by atoms with Crippen LogP contribution in [0.2, 0.25) is 5.15 Å². The first kappa shape index (κ1) is 8.99. The predicted octanol–water partition coefficient (Wildman–Crippen LogP) is 1.67. The molecule has 0 amide bonds. The summed E-state index contributed by atoms with van der Waals surface area (Å²) >= 11 is 5.30. The maximum Gasteiger partial charge on any atom is 0.0298 e. The quantitative estimate of drug-likeness (QED) is 0.349. The standard InChI is InChI=1S/C5H2ClFN.Zn/c6-5-2-1-4(7)3-8-5;/h1-2H;/q-1;. The molecule has 0 unspecified atom stereocenters. The monoisotopic (exact) mass is 194 g/mol. The number of aromatic nitrogens is 1. The molecule has 0 atom stereocenters. The molecule has 0 spiro atoms. The second kappa shape index (κ2) is 3.91. The minimum absolute atomic E-state index is 0. The molecule has 44 valence electrons. The van der Waals surface area contributed by atoms with Gasteiger partial charge in [-0.2, -0.15) is 0 Å². The Morgan fingerprint density at radius 3 is 2.56 bits per heavy atom. The van der Waals surface area contributed by atoms with Crippen molar-refractivity contribution in [2.24, 2.45) is 0 Å². The molecule has 0 N–H and O–H groups in total. The summed E-state index contributed by atoms with van der Waals surface area (Å²) in [6.45, 7) is 0. The van der Waals surface area contributed by atoms with E-state index in [9.17, 15) is 4.39 Å². The van der Waals surface area contributed by atoms with Gasteiger partial charge in [0.25, 0.3) is 0 Å². The van der Waals surface area contributed by atoms with E-state index in [2.05, 4.69) is 11.2 Å². The first-order valence-corrected chi connectivity index (χ1v) is 2.36. The Kier molecular flexibility index (Phi) is 3.91. The summed E-state index contributed by atoms with van der Waals surface area (Å²) in [6, 6.07) is 2.57. The Morgan fingerprint density at radius 2 is 2.22 bits per heavy atom. The molecule has 0 saturated carbocycles. The normalized spacial score (nSPS) is 8.22. The predicted molar refractivity (Wildman–Crippen MR) is 28.0 cm³/mol. The van der Waals surface area contributed by atoms with E-state index in [1.165, 1.54) is 12.1 Å². The van der Waals surface area contributed by atoms with Crippen molar-refractivity contribution >= 4 is 11.6 Å². The third-order valence-corrected chi connectivity index (χ3v) is 0.847. The molecule has 0 aliphatic heterocycles. The van der Waals surface area contributed by atoms with Crippen LogP contribution in [0.3, 0.4) is 0 Å². The van der Waals surface area contributed by atoms with Crippen molar-refractivity contribution in [1.29, 1.82) is 0 Å². The molecule has 1 heterocycles. The van der Waals surface area contributed by atoms with Gasteiger partial charge in [0.15, 0.2) is 0 Å². The average Bonchev–Trinajstić information content (AvgIpc) is 1.77. The summed E-state index contributed by atoms with van der Waals surface area (Å²) in [5.74, 6) is -0.491. The van der Waals surface area contributed by atoms with Crippen LogP contribution in [-0.2, 0) is 19.5 Å². The molecular weight excluding hydrogens is 194 g/mol. The third-order valence-electron chi connectivity index (χ3n) is 0.637. The largest absolute Gasteiger partial charge is 0.373 e. The Hall–Kier alpha value is -0.00662. The van der Waals surface area contributed by atoms with Crippen LogP contribution >= 0.6 is 11.6 Å². The molecule has 0 aliphatic rings. The summed E-state index contributed by atoms with van der Waals surface area (Å²) in [5.41, 5.74) is 0. The maximum atomic E-state index is 11.9. The van der Waals surface area contributed by atoms with Gasteiger partial charge in [-0.05, 0) is 6.20 Å². The van der Waals surface area contributed by atoms with Crippen LogP contribution in [0.1, 0.15) is 0 Å². The van der Waals surface area contributed by atoms with Crippen molar-refractivity contribution in [1.82, 2.24) is 4.98 Å². The van der Waals surface area contributed by atoms with E-state index < -0.39 is 5.82 Å². The third kappa shape index (κ3) is 2.88. The van der Waals surface area contributed by atoms with Gasteiger partial charge in [0.05, 0.1) is 0 Å². The van der Waals surface area contributed by atoms with Crippen molar-refractivity contribution in [3.8, 4) is 0 Å². The molecule has 0 bridgehead atoms. The van der Waals surface area contributed by atoms with Crippen LogP contribution in [0.15, 0.2) is 12.1 Å². The van der Waals surface area contributed by atoms with E-state index in [0.29, 0.717) is 0 Å². The Morgan fingerprint density at radius 1 is 1.56 bits per heavy atom. The maximum absolute atomic E-state index is 11.9.